The third-order valence-corrected chi connectivity index (χ3v) is 6.31. The van der Waals surface area contributed by atoms with E-state index in [-0.39, 0.29) is 11.7 Å². The highest BCUT2D eigenvalue weighted by atomic mass is 32.2. The topological polar surface area (TPSA) is 63.9 Å². The van der Waals surface area contributed by atoms with Gasteiger partial charge in [0.25, 0.3) is 0 Å². The van der Waals surface area contributed by atoms with E-state index in [1.807, 2.05) is 83.9 Å². The number of carbonyl (C=O) groups is 1. The van der Waals surface area contributed by atoms with Gasteiger partial charge in [-0.05, 0) is 52.1 Å². The van der Waals surface area contributed by atoms with Crippen LogP contribution in [0, 0.1) is 6.92 Å². The van der Waals surface area contributed by atoms with Crippen LogP contribution >= 0.6 is 23.1 Å². The Morgan fingerprint density at radius 3 is 2.73 bits per heavy atom. The highest BCUT2D eigenvalue weighted by Gasteiger charge is 2.19. The summed E-state index contributed by atoms with van der Waals surface area (Å²) < 4.78 is 1.73. The van der Waals surface area contributed by atoms with Gasteiger partial charge in [0.05, 0.1) is 18.8 Å². The number of thiophene rings is 1. The van der Waals surface area contributed by atoms with E-state index in [4.69, 9.17) is 0 Å². The van der Waals surface area contributed by atoms with E-state index in [1.165, 1.54) is 16.6 Å². The van der Waals surface area contributed by atoms with E-state index in [0.29, 0.717) is 18.2 Å². The molecule has 0 saturated heterocycles. The lowest BCUT2D eigenvalue weighted by Gasteiger charge is -2.23. The van der Waals surface area contributed by atoms with E-state index >= 15 is 0 Å². The lowest BCUT2D eigenvalue weighted by Crippen LogP contribution is -2.32. The predicted molar refractivity (Wildman–Crippen MR) is 121 cm³/mol. The third-order valence-electron chi connectivity index (χ3n) is 4.51. The number of carbonyl (C=O) groups excluding carboxylic acids is 1. The van der Waals surface area contributed by atoms with Gasteiger partial charge in [-0.15, -0.1) is 16.4 Å². The molecule has 0 aliphatic rings. The predicted octanol–water partition coefficient (Wildman–Crippen LogP) is 4.42. The standard InChI is InChI=1S/C22H21N5OS2/c1-17-7-5-10-19(13-17)26(14-18-8-3-2-4-9-18)21(28)16-30-22-23-24-25-27(22)15-20-11-6-12-29-20/h2-13H,14-16H2,1H3. The summed E-state index contributed by atoms with van der Waals surface area (Å²) in [5, 5.41) is 14.6. The number of rotatable bonds is 8. The number of tetrazole rings is 1. The Morgan fingerprint density at radius 1 is 1.10 bits per heavy atom. The number of aryl methyl sites for hydroxylation is 1. The average Bonchev–Trinajstić information content (AvgIpc) is 3.43. The van der Waals surface area contributed by atoms with Crippen LogP contribution in [-0.2, 0) is 17.9 Å². The third kappa shape index (κ3) is 5.14. The molecule has 2 aromatic carbocycles. The van der Waals surface area contributed by atoms with Gasteiger partial charge in [-0.3, -0.25) is 4.79 Å². The molecule has 0 saturated carbocycles. The Balaban J connectivity index is 1.49. The molecule has 4 aromatic rings. The number of benzene rings is 2. The molecular weight excluding hydrogens is 414 g/mol. The van der Waals surface area contributed by atoms with Gasteiger partial charge >= 0.3 is 0 Å². The van der Waals surface area contributed by atoms with Crippen molar-refractivity contribution in [2.24, 2.45) is 0 Å². The second-order valence-corrected chi connectivity index (χ2v) is 8.77. The molecule has 0 aliphatic heterocycles. The van der Waals surface area contributed by atoms with Crippen LogP contribution in [-0.4, -0.2) is 31.9 Å². The molecule has 2 heterocycles. The van der Waals surface area contributed by atoms with E-state index in [2.05, 4.69) is 15.5 Å². The van der Waals surface area contributed by atoms with Gasteiger partial charge in [0.2, 0.25) is 11.1 Å². The quantitative estimate of drug-likeness (QED) is 0.384. The zero-order chi connectivity index (χ0) is 20.8. The van der Waals surface area contributed by atoms with Crippen LogP contribution in [0.4, 0.5) is 5.69 Å². The van der Waals surface area contributed by atoms with Gasteiger partial charge in [-0.25, -0.2) is 4.68 Å². The van der Waals surface area contributed by atoms with Crippen molar-refractivity contribution >= 4 is 34.7 Å². The van der Waals surface area contributed by atoms with Crippen LogP contribution in [0.15, 0.2) is 77.3 Å². The Labute approximate surface area is 183 Å². The van der Waals surface area contributed by atoms with Crippen molar-refractivity contribution in [1.29, 1.82) is 0 Å². The SMILES string of the molecule is Cc1cccc(N(Cc2ccccc2)C(=O)CSc2nnnn2Cc2cccs2)c1. The highest BCUT2D eigenvalue weighted by molar-refractivity contribution is 7.99. The molecule has 152 valence electrons. The van der Waals surface area contributed by atoms with E-state index < -0.39 is 0 Å². The highest BCUT2D eigenvalue weighted by Crippen LogP contribution is 2.23. The molecular formula is C22H21N5OS2. The summed E-state index contributed by atoms with van der Waals surface area (Å²) in [5.74, 6) is 0.270. The normalized spacial score (nSPS) is 10.8. The minimum Gasteiger partial charge on any atom is -0.307 e. The molecule has 0 spiro atoms. The average molecular weight is 436 g/mol. The first kappa shape index (κ1) is 20.3. The molecule has 0 bridgehead atoms. The second kappa shape index (κ2) is 9.69. The van der Waals surface area contributed by atoms with Crippen molar-refractivity contribution < 1.29 is 4.79 Å². The summed E-state index contributed by atoms with van der Waals surface area (Å²) in [6.07, 6.45) is 0. The van der Waals surface area contributed by atoms with Crippen LogP contribution in [0.3, 0.4) is 0 Å². The minimum atomic E-state index is 0.0140. The maximum Gasteiger partial charge on any atom is 0.237 e. The summed E-state index contributed by atoms with van der Waals surface area (Å²) in [6.45, 7) is 3.15. The number of hydrogen-bond donors (Lipinski definition) is 0. The van der Waals surface area contributed by atoms with Gasteiger partial charge in [0, 0.05) is 10.6 Å². The summed E-state index contributed by atoms with van der Waals surface area (Å²) >= 11 is 3.02. The van der Waals surface area contributed by atoms with Crippen molar-refractivity contribution in [3.63, 3.8) is 0 Å². The molecule has 1 amide bonds. The zero-order valence-corrected chi connectivity index (χ0v) is 18.1. The first-order chi connectivity index (χ1) is 14.7. The Hall–Kier alpha value is -2.97. The van der Waals surface area contributed by atoms with Crippen molar-refractivity contribution in [1.82, 2.24) is 20.2 Å². The zero-order valence-electron chi connectivity index (χ0n) is 16.5. The maximum atomic E-state index is 13.2. The monoisotopic (exact) mass is 435 g/mol. The van der Waals surface area contributed by atoms with Crippen LogP contribution in [0.1, 0.15) is 16.0 Å². The lowest BCUT2D eigenvalue weighted by molar-refractivity contribution is -0.116. The first-order valence-corrected chi connectivity index (χ1v) is 11.4. The van der Waals surface area contributed by atoms with Gasteiger partial charge in [-0.2, -0.15) is 0 Å². The van der Waals surface area contributed by atoms with Crippen molar-refractivity contribution in [2.75, 3.05) is 10.7 Å². The maximum absolute atomic E-state index is 13.2. The molecule has 0 radical (unpaired) electrons. The molecule has 6 nitrogen and oxygen atoms in total. The number of thioether (sulfide) groups is 1. The second-order valence-electron chi connectivity index (χ2n) is 6.79. The van der Waals surface area contributed by atoms with Gasteiger partial charge < -0.3 is 4.90 Å². The lowest BCUT2D eigenvalue weighted by atomic mass is 10.1. The molecule has 0 atom stereocenters. The smallest absolute Gasteiger partial charge is 0.237 e. The van der Waals surface area contributed by atoms with E-state index in [1.54, 1.807) is 16.0 Å². The summed E-state index contributed by atoms with van der Waals surface area (Å²) in [5.41, 5.74) is 3.09. The number of hydrogen-bond acceptors (Lipinski definition) is 6. The Morgan fingerprint density at radius 2 is 1.97 bits per heavy atom. The fourth-order valence-corrected chi connectivity index (χ4v) is 4.48. The van der Waals surface area contributed by atoms with Crippen LogP contribution in [0.5, 0.6) is 0 Å². The van der Waals surface area contributed by atoms with Crippen LogP contribution in [0.25, 0.3) is 0 Å². The molecule has 0 N–H and O–H groups in total. The van der Waals surface area contributed by atoms with Crippen molar-refractivity contribution in [3.8, 4) is 0 Å². The molecule has 0 fully saturated rings. The van der Waals surface area contributed by atoms with Gasteiger partial charge in [0.1, 0.15) is 0 Å². The molecule has 0 aliphatic carbocycles. The number of aromatic nitrogens is 4. The Kier molecular flexibility index (Phi) is 6.56. The fourth-order valence-electron chi connectivity index (χ4n) is 3.04. The van der Waals surface area contributed by atoms with Crippen molar-refractivity contribution in [2.45, 2.75) is 25.2 Å². The molecule has 2 aromatic heterocycles. The first-order valence-electron chi connectivity index (χ1n) is 9.51. The molecule has 8 heteroatoms. The summed E-state index contributed by atoms with van der Waals surface area (Å²) in [4.78, 5) is 16.2. The fraction of sp³-hybridized carbons (Fsp3) is 0.182. The molecule has 0 unspecified atom stereocenters. The van der Waals surface area contributed by atoms with Gasteiger partial charge in [-0.1, -0.05) is 60.3 Å². The van der Waals surface area contributed by atoms with Gasteiger partial charge in [0.15, 0.2) is 0 Å². The van der Waals surface area contributed by atoms with E-state index in [0.717, 1.165) is 16.8 Å². The van der Waals surface area contributed by atoms with Crippen molar-refractivity contribution in [3.05, 3.63) is 88.1 Å². The largest absolute Gasteiger partial charge is 0.307 e. The Bertz CT molecular complexity index is 1100. The van der Waals surface area contributed by atoms with Crippen LogP contribution < -0.4 is 4.90 Å². The molecule has 30 heavy (non-hydrogen) atoms. The molecule has 4 rings (SSSR count). The number of amides is 1. The minimum absolute atomic E-state index is 0.0140. The number of nitrogens with zero attached hydrogens (tertiary/aromatic N) is 5. The number of anilines is 1. The van der Waals surface area contributed by atoms with Crippen LogP contribution in [0.2, 0.25) is 0 Å². The summed E-state index contributed by atoms with van der Waals surface area (Å²) in [7, 11) is 0. The van der Waals surface area contributed by atoms with E-state index in [9.17, 15) is 4.79 Å². The summed E-state index contributed by atoms with van der Waals surface area (Å²) in [6, 6.07) is 22.1.